The summed E-state index contributed by atoms with van der Waals surface area (Å²) in [6.45, 7) is 1.90. The minimum atomic E-state index is -0.585. The van der Waals surface area contributed by atoms with Crippen LogP contribution >= 0.6 is 15.9 Å². The van der Waals surface area contributed by atoms with Crippen LogP contribution in [0.25, 0.3) is 0 Å². The van der Waals surface area contributed by atoms with Crippen molar-refractivity contribution >= 4 is 21.8 Å². The molecule has 1 aromatic rings. The van der Waals surface area contributed by atoms with Gasteiger partial charge in [-0.1, -0.05) is 15.9 Å². The second-order valence-corrected chi connectivity index (χ2v) is 4.79. The van der Waals surface area contributed by atoms with Crippen LogP contribution in [-0.4, -0.2) is 44.2 Å². The van der Waals surface area contributed by atoms with Gasteiger partial charge >= 0.3 is 0 Å². The zero-order valence-electron chi connectivity index (χ0n) is 9.91. The number of carbonyl (C=O) groups is 1. The predicted molar refractivity (Wildman–Crippen MR) is 67.4 cm³/mol. The largest absolute Gasteiger partial charge is 0.496 e. The molecule has 1 aliphatic rings. The highest BCUT2D eigenvalue weighted by molar-refractivity contribution is 9.10. The molecule has 1 heterocycles. The van der Waals surface area contributed by atoms with Crippen LogP contribution in [0.1, 0.15) is 10.4 Å². The van der Waals surface area contributed by atoms with E-state index in [1.807, 2.05) is 0 Å². The molecule has 18 heavy (non-hydrogen) atoms. The van der Waals surface area contributed by atoms with E-state index in [0.717, 1.165) is 0 Å². The van der Waals surface area contributed by atoms with Crippen molar-refractivity contribution in [2.75, 3.05) is 33.4 Å². The molecule has 1 amide bonds. The van der Waals surface area contributed by atoms with E-state index in [2.05, 4.69) is 15.9 Å². The van der Waals surface area contributed by atoms with Crippen molar-refractivity contribution in [3.63, 3.8) is 0 Å². The van der Waals surface area contributed by atoms with Gasteiger partial charge in [0.1, 0.15) is 17.1 Å². The number of nitrogens with zero attached hydrogens (tertiary/aromatic N) is 1. The van der Waals surface area contributed by atoms with Crippen molar-refractivity contribution in [2.45, 2.75) is 0 Å². The van der Waals surface area contributed by atoms with Crippen LogP contribution < -0.4 is 4.74 Å². The summed E-state index contributed by atoms with van der Waals surface area (Å²) in [7, 11) is 1.41. The van der Waals surface area contributed by atoms with Crippen LogP contribution in [0, 0.1) is 5.82 Å². The minimum absolute atomic E-state index is 0.0254. The zero-order valence-corrected chi connectivity index (χ0v) is 11.5. The third kappa shape index (κ3) is 2.64. The first-order valence-electron chi connectivity index (χ1n) is 5.53. The minimum Gasteiger partial charge on any atom is -0.496 e. The summed E-state index contributed by atoms with van der Waals surface area (Å²) < 4.78 is 24.7. The van der Waals surface area contributed by atoms with Crippen molar-refractivity contribution < 1.29 is 18.7 Å². The number of hydrogen-bond acceptors (Lipinski definition) is 3. The van der Waals surface area contributed by atoms with Gasteiger partial charge in [-0.3, -0.25) is 4.79 Å². The van der Waals surface area contributed by atoms with Gasteiger partial charge in [0.15, 0.2) is 0 Å². The van der Waals surface area contributed by atoms with Crippen molar-refractivity contribution in [3.8, 4) is 5.75 Å². The van der Waals surface area contributed by atoms with E-state index < -0.39 is 5.82 Å². The second-order valence-electron chi connectivity index (χ2n) is 3.87. The number of amides is 1. The lowest BCUT2D eigenvalue weighted by Gasteiger charge is -2.27. The number of ether oxygens (including phenoxy) is 2. The highest BCUT2D eigenvalue weighted by Gasteiger charge is 2.25. The Balaban J connectivity index is 2.34. The number of morpholine rings is 1. The number of benzene rings is 1. The van der Waals surface area contributed by atoms with Crippen molar-refractivity contribution in [1.29, 1.82) is 0 Å². The SMILES string of the molecule is COc1cc(Br)cc(F)c1C(=O)N1CCOCC1. The number of halogens is 2. The summed E-state index contributed by atoms with van der Waals surface area (Å²) in [4.78, 5) is 13.8. The molecular weight excluding hydrogens is 305 g/mol. The van der Waals surface area contributed by atoms with E-state index in [-0.39, 0.29) is 17.2 Å². The molecule has 0 aliphatic carbocycles. The lowest BCUT2D eigenvalue weighted by Crippen LogP contribution is -2.41. The molecule has 1 aliphatic heterocycles. The van der Waals surface area contributed by atoms with Crippen LogP contribution in [0.5, 0.6) is 5.75 Å². The number of rotatable bonds is 2. The summed E-state index contributed by atoms with van der Waals surface area (Å²) >= 11 is 3.17. The molecule has 0 N–H and O–H groups in total. The van der Waals surface area contributed by atoms with E-state index in [0.29, 0.717) is 30.8 Å². The summed E-state index contributed by atoms with van der Waals surface area (Å²) in [6, 6.07) is 2.84. The number of methoxy groups -OCH3 is 1. The Hall–Kier alpha value is -1.14. The van der Waals surface area contributed by atoms with Gasteiger partial charge in [0.05, 0.1) is 20.3 Å². The van der Waals surface area contributed by atoms with Gasteiger partial charge in [0.2, 0.25) is 0 Å². The molecule has 2 rings (SSSR count). The standard InChI is InChI=1S/C12H13BrFNO3/c1-17-10-7-8(13)6-9(14)11(10)12(16)15-2-4-18-5-3-15/h6-7H,2-5H2,1H3. The van der Waals surface area contributed by atoms with E-state index in [4.69, 9.17) is 9.47 Å². The molecule has 0 saturated carbocycles. The predicted octanol–water partition coefficient (Wildman–Crippen LogP) is 2.07. The maximum atomic E-state index is 13.9. The number of carbonyl (C=O) groups excluding carboxylic acids is 1. The topological polar surface area (TPSA) is 38.8 Å². The van der Waals surface area contributed by atoms with Crippen LogP contribution in [0.2, 0.25) is 0 Å². The summed E-state index contributed by atoms with van der Waals surface area (Å²) in [5, 5.41) is 0. The Kier molecular flexibility index (Phi) is 4.19. The Labute approximate surface area is 113 Å². The van der Waals surface area contributed by atoms with E-state index >= 15 is 0 Å². The van der Waals surface area contributed by atoms with Crippen LogP contribution in [0.3, 0.4) is 0 Å². The Morgan fingerprint density at radius 1 is 1.44 bits per heavy atom. The molecule has 0 radical (unpaired) electrons. The average Bonchev–Trinajstić information content (AvgIpc) is 2.38. The van der Waals surface area contributed by atoms with Crippen LogP contribution in [-0.2, 0) is 4.74 Å². The fourth-order valence-electron chi connectivity index (χ4n) is 1.84. The van der Waals surface area contributed by atoms with Gasteiger partial charge in [0.25, 0.3) is 5.91 Å². The molecule has 6 heteroatoms. The molecular formula is C12H13BrFNO3. The summed E-state index contributed by atoms with van der Waals surface area (Å²) in [6.07, 6.45) is 0. The van der Waals surface area contributed by atoms with Crippen molar-refractivity contribution in [1.82, 2.24) is 4.90 Å². The summed E-state index contributed by atoms with van der Waals surface area (Å²) in [5.74, 6) is -0.712. The van der Waals surface area contributed by atoms with E-state index in [9.17, 15) is 9.18 Å². The van der Waals surface area contributed by atoms with Gasteiger partial charge < -0.3 is 14.4 Å². The smallest absolute Gasteiger partial charge is 0.260 e. The first kappa shape index (κ1) is 13.3. The molecule has 1 saturated heterocycles. The van der Waals surface area contributed by atoms with Gasteiger partial charge in [0, 0.05) is 17.6 Å². The Morgan fingerprint density at radius 2 is 2.11 bits per heavy atom. The highest BCUT2D eigenvalue weighted by Crippen LogP contribution is 2.28. The monoisotopic (exact) mass is 317 g/mol. The summed E-state index contributed by atoms with van der Waals surface area (Å²) in [5.41, 5.74) is -0.0254. The molecule has 0 aromatic heterocycles. The van der Waals surface area contributed by atoms with Crippen molar-refractivity contribution in [3.05, 3.63) is 28.0 Å². The van der Waals surface area contributed by atoms with Crippen molar-refractivity contribution in [2.24, 2.45) is 0 Å². The maximum Gasteiger partial charge on any atom is 0.260 e. The first-order valence-corrected chi connectivity index (χ1v) is 6.33. The molecule has 98 valence electrons. The maximum absolute atomic E-state index is 13.9. The Bertz CT molecular complexity index is 461. The molecule has 0 unspecified atom stereocenters. The zero-order chi connectivity index (χ0) is 13.1. The van der Waals surface area contributed by atoms with E-state index in [1.165, 1.54) is 13.2 Å². The third-order valence-electron chi connectivity index (χ3n) is 2.75. The van der Waals surface area contributed by atoms with Gasteiger partial charge in [-0.15, -0.1) is 0 Å². The van der Waals surface area contributed by atoms with Gasteiger partial charge in [-0.2, -0.15) is 0 Å². The first-order chi connectivity index (χ1) is 8.63. The van der Waals surface area contributed by atoms with Gasteiger partial charge in [-0.25, -0.2) is 4.39 Å². The lowest BCUT2D eigenvalue weighted by molar-refractivity contribution is 0.0297. The fourth-order valence-corrected chi connectivity index (χ4v) is 2.25. The lowest BCUT2D eigenvalue weighted by atomic mass is 10.1. The van der Waals surface area contributed by atoms with E-state index in [1.54, 1.807) is 11.0 Å². The molecule has 0 bridgehead atoms. The Morgan fingerprint density at radius 3 is 2.72 bits per heavy atom. The van der Waals surface area contributed by atoms with Crippen LogP contribution in [0.15, 0.2) is 16.6 Å². The average molecular weight is 318 g/mol. The quantitative estimate of drug-likeness (QED) is 0.838. The van der Waals surface area contributed by atoms with Crippen LogP contribution in [0.4, 0.5) is 4.39 Å². The molecule has 0 spiro atoms. The molecule has 0 atom stereocenters. The number of hydrogen-bond donors (Lipinski definition) is 0. The van der Waals surface area contributed by atoms with Gasteiger partial charge in [-0.05, 0) is 12.1 Å². The highest BCUT2D eigenvalue weighted by atomic mass is 79.9. The fraction of sp³-hybridized carbons (Fsp3) is 0.417. The molecule has 1 fully saturated rings. The second kappa shape index (κ2) is 5.67. The third-order valence-corrected chi connectivity index (χ3v) is 3.21. The molecule has 1 aromatic carbocycles. The molecule has 4 nitrogen and oxygen atoms in total. The normalized spacial score (nSPS) is 15.6.